The maximum atomic E-state index is 10.7. The number of hydrogen-bond acceptors (Lipinski definition) is 2. The van der Waals surface area contributed by atoms with Gasteiger partial charge in [0.25, 0.3) is 0 Å². The van der Waals surface area contributed by atoms with Crippen molar-refractivity contribution >= 4 is 28.7 Å². The SMILES string of the molecule is O=C(O)N1Cc2nccc(I)c2C1. The second-order valence-electron chi connectivity index (χ2n) is 2.86. The molecule has 2 heterocycles. The fourth-order valence-corrected chi connectivity index (χ4v) is 2.02. The molecule has 0 radical (unpaired) electrons. The summed E-state index contributed by atoms with van der Waals surface area (Å²) in [4.78, 5) is 16.2. The van der Waals surface area contributed by atoms with Crippen molar-refractivity contribution in [3.8, 4) is 0 Å². The number of nitrogens with zero attached hydrogens (tertiary/aromatic N) is 2. The fraction of sp³-hybridized carbons (Fsp3) is 0.250. The van der Waals surface area contributed by atoms with Crippen LogP contribution in [0.2, 0.25) is 0 Å². The van der Waals surface area contributed by atoms with Crippen molar-refractivity contribution in [2.75, 3.05) is 0 Å². The number of pyridine rings is 1. The monoisotopic (exact) mass is 290 g/mol. The van der Waals surface area contributed by atoms with E-state index in [2.05, 4.69) is 27.6 Å². The smallest absolute Gasteiger partial charge is 0.407 e. The molecule has 68 valence electrons. The number of amides is 1. The zero-order chi connectivity index (χ0) is 9.42. The van der Waals surface area contributed by atoms with E-state index in [1.54, 1.807) is 6.20 Å². The molecule has 1 aromatic heterocycles. The first-order valence-corrected chi connectivity index (χ1v) is 4.86. The first kappa shape index (κ1) is 8.74. The van der Waals surface area contributed by atoms with E-state index in [9.17, 15) is 4.79 Å². The lowest BCUT2D eigenvalue weighted by Gasteiger charge is -2.08. The minimum absolute atomic E-state index is 0.418. The average Bonchev–Trinajstić information content (AvgIpc) is 2.49. The van der Waals surface area contributed by atoms with Gasteiger partial charge in [-0.25, -0.2) is 4.79 Å². The highest BCUT2D eigenvalue weighted by molar-refractivity contribution is 14.1. The molecule has 0 bridgehead atoms. The van der Waals surface area contributed by atoms with E-state index in [1.165, 1.54) is 4.90 Å². The van der Waals surface area contributed by atoms with Gasteiger partial charge in [-0.15, -0.1) is 0 Å². The van der Waals surface area contributed by atoms with Gasteiger partial charge in [0.1, 0.15) is 0 Å². The van der Waals surface area contributed by atoms with E-state index >= 15 is 0 Å². The van der Waals surface area contributed by atoms with Crippen molar-refractivity contribution in [1.29, 1.82) is 0 Å². The molecule has 1 aromatic rings. The molecule has 1 aliphatic heterocycles. The largest absolute Gasteiger partial charge is 0.465 e. The van der Waals surface area contributed by atoms with Crippen molar-refractivity contribution in [2.24, 2.45) is 0 Å². The molecule has 0 spiro atoms. The molecule has 2 rings (SSSR count). The standard InChI is InChI=1S/C8H7IN2O2/c9-6-1-2-10-7-4-11(8(12)13)3-5(6)7/h1-2H,3-4H2,(H,12,13). The van der Waals surface area contributed by atoms with Gasteiger partial charge in [0.15, 0.2) is 0 Å². The number of aromatic nitrogens is 1. The van der Waals surface area contributed by atoms with E-state index in [-0.39, 0.29) is 0 Å². The van der Waals surface area contributed by atoms with Crippen molar-refractivity contribution in [1.82, 2.24) is 9.88 Å². The number of carbonyl (C=O) groups is 1. The lowest BCUT2D eigenvalue weighted by molar-refractivity contribution is 0.145. The Hall–Kier alpha value is -0.850. The fourth-order valence-electron chi connectivity index (χ4n) is 1.37. The molecule has 1 amide bonds. The second kappa shape index (κ2) is 3.13. The van der Waals surface area contributed by atoms with Gasteiger partial charge >= 0.3 is 6.09 Å². The summed E-state index contributed by atoms with van der Waals surface area (Å²) >= 11 is 2.20. The van der Waals surface area contributed by atoms with Crippen LogP contribution in [0.1, 0.15) is 11.3 Å². The van der Waals surface area contributed by atoms with Gasteiger partial charge in [-0.3, -0.25) is 9.88 Å². The van der Waals surface area contributed by atoms with Crippen LogP contribution >= 0.6 is 22.6 Å². The number of rotatable bonds is 0. The molecule has 0 fully saturated rings. The molecule has 4 nitrogen and oxygen atoms in total. The van der Waals surface area contributed by atoms with Crippen molar-refractivity contribution in [3.05, 3.63) is 27.1 Å². The summed E-state index contributed by atoms with van der Waals surface area (Å²) in [5.41, 5.74) is 1.93. The highest BCUT2D eigenvalue weighted by atomic mass is 127. The van der Waals surface area contributed by atoms with E-state index in [0.29, 0.717) is 13.1 Å². The molecule has 0 saturated heterocycles. The third kappa shape index (κ3) is 1.48. The predicted octanol–water partition coefficient (Wildman–Crippen LogP) is 1.68. The van der Waals surface area contributed by atoms with Gasteiger partial charge in [-0.2, -0.15) is 0 Å². The number of hydrogen-bond donors (Lipinski definition) is 1. The Morgan fingerprint density at radius 3 is 3.00 bits per heavy atom. The molecule has 1 aliphatic rings. The summed E-state index contributed by atoms with van der Waals surface area (Å²) < 4.78 is 1.09. The number of fused-ring (bicyclic) bond motifs is 1. The summed E-state index contributed by atoms with van der Waals surface area (Å²) in [5, 5.41) is 8.77. The lowest BCUT2D eigenvalue weighted by Crippen LogP contribution is -2.22. The lowest BCUT2D eigenvalue weighted by atomic mass is 10.2. The zero-order valence-electron chi connectivity index (χ0n) is 6.70. The molecule has 13 heavy (non-hydrogen) atoms. The van der Waals surface area contributed by atoms with Crippen LogP contribution in [0.5, 0.6) is 0 Å². The first-order valence-electron chi connectivity index (χ1n) is 3.78. The normalized spacial score (nSPS) is 14.4. The van der Waals surface area contributed by atoms with Crippen LogP contribution in [0.3, 0.4) is 0 Å². The summed E-state index contributed by atoms with van der Waals surface area (Å²) in [5.74, 6) is 0. The van der Waals surface area contributed by atoms with Crippen LogP contribution in [-0.4, -0.2) is 21.1 Å². The number of halogens is 1. The van der Waals surface area contributed by atoms with Gasteiger partial charge in [0.2, 0.25) is 0 Å². The third-order valence-corrected chi connectivity index (χ3v) is 3.06. The Morgan fingerprint density at radius 2 is 2.38 bits per heavy atom. The molecular weight excluding hydrogens is 283 g/mol. The minimum Gasteiger partial charge on any atom is -0.465 e. The first-order chi connectivity index (χ1) is 6.18. The number of carboxylic acid groups (broad SMARTS) is 1. The predicted molar refractivity (Wildman–Crippen MR) is 54.2 cm³/mol. The minimum atomic E-state index is -0.881. The van der Waals surface area contributed by atoms with Crippen LogP contribution in [0.25, 0.3) is 0 Å². The Balaban J connectivity index is 2.35. The van der Waals surface area contributed by atoms with Gasteiger partial charge < -0.3 is 5.11 Å². The van der Waals surface area contributed by atoms with Gasteiger partial charge in [-0.1, -0.05) is 0 Å². The summed E-state index contributed by atoms with van der Waals surface area (Å²) in [6.07, 6.45) is 0.834. The third-order valence-electron chi connectivity index (χ3n) is 2.05. The van der Waals surface area contributed by atoms with E-state index < -0.39 is 6.09 Å². The van der Waals surface area contributed by atoms with Gasteiger partial charge in [-0.05, 0) is 28.7 Å². The van der Waals surface area contributed by atoms with Gasteiger partial charge in [0, 0.05) is 15.3 Å². The molecule has 0 unspecified atom stereocenters. The molecule has 1 N–H and O–H groups in total. The van der Waals surface area contributed by atoms with Crippen LogP contribution in [0, 0.1) is 3.57 Å². The average molecular weight is 290 g/mol. The highest BCUT2D eigenvalue weighted by Gasteiger charge is 2.25. The van der Waals surface area contributed by atoms with E-state index in [4.69, 9.17) is 5.11 Å². The van der Waals surface area contributed by atoms with Crippen molar-refractivity contribution in [3.63, 3.8) is 0 Å². The zero-order valence-corrected chi connectivity index (χ0v) is 8.85. The molecule has 0 aliphatic carbocycles. The molecular formula is C8H7IN2O2. The topological polar surface area (TPSA) is 53.4 Å². The summed E-state index contributed by atoms with van der Waals surface area (Å²) in [6.45, 7) is 0.887. The maximum Gasteiger partial charge on any atom is 0.407 e. The van der Waals surface area contributed by atoms with Crippen molar-refractivity contribution < 1.29 is 9.90 Å². The van der Waals surface area contributed by atoms with Crippen LogP contribution in [0.15, 0.2) is 12.3 Å². The quantitative estimate of drug-likeness (QED) is 0.740. The summed E-state index contributed by atoms with van der Waals surface area (Å²) in [6, 6.07) is 1.89. The molecule has 0 atom stereocenters. The molecule has 5 heteroatoms. The van der Waals surface area contributed by atoms with Gasteiger partial charge in [0.05, 0.1) is 18.8 Å². The molecule has 0 aromatic carbocycles. The van der Waals surface area contributed by atoms with Crippen molar-refractivity contribution in [2.45, 2.75) is 13.1 Å². The van der Waals surface area contributed by atoms with E-state index in [0.717, 1.165) is 14.8 Å². The highest BCUT2D eigenvalue weighted by Crippen LogP contribution is 2.24. The summed E-state index contributed by atoms with van der Waals surface area (Å²) in [7, 11) is 0. The Bertz CT molecular complexity index is 367. The van der Waals surface area contributed by atoms with Crippen LogP contribution < -0.4 is 0 Å². The van der Waals surface area contributed by atoms with Crippen LogP contribution in [-0.2, 0) is 13.1 Å². The maximum absolute atomic E-state index is 10.7. The Kier molecular flexibility index (Phi) is 2.10. The van der Waals surface area contributed by atoms with Crippen LogP contribution in [0.4, 0.5) is 4.79 Å². The Labute approximate surface area is 88.7 Å². The second-order valence-corrected chi connectivity index (χ2v) is 4.02. The Morgan fingerprint density at radius 1 is 1.62 bits per heavy atom. The molecule has 0 saturated carbocycles. The van der Waals surface area contributed by atoms with E-state index in [1.807, 2.05) is 6.07 Å².